The van der Waals surface area contributed by atoms with E-state index in [2.05, 4.69) is 26.5 Å². The van der Waals surface area contributed by atoms with Crippen LogP contribution in [0.4, 0.5) is 0 Å². The fourth-order valence-electron chi connectivity index (χ4n) is 1.56. The van der Waals surface area contributed by atoms with Gasteiger partial charge in [0, 0.05) is 0 Å². The van der Waals surface area contributed by atoms with Gasteiger partial charge >= 0.3 is 0 Å². The Morgan fingerprint density at radius 1 is 1.56 bits per heavy atom. The lowest BCUT2D eigenvalue weighted by molar-refractivity contribution is -0.159. The number of amides is 1. The number of hydrazone groups is 1. The Morgan fingerprint density at radius 2 is 2.28 bits per heavy atom. The van der Waals surface area contributed by atoms with Crippen molar-refractivity contribution in [2.75, 3.05) is 13.2 Å². The molecule has 1 fully saturated rings. The van der Waals surface area contributed by atoms with Crippen LogP contribution < -0.4 is 5.43 Å². The minimum Gasteiger partial charge on any atom is -0.448 e. The number of nitrogens with zero attached hydrogens (tertiary/aromatic N) is 1. The van der Waals surface area contributed by atoms with E-state index in [-0.39, 0.29) is 12.3 Å². The van der Waals surface area contributed by atoms with Crippen molar-refractivity contribution < 1.29 is 18.7 Å². The Bertz CT molecular complexity index is 452. The third-order valence-corrected chi connectivity index (χ3v) is 2.78. The van der Waals surface area contributed by atoms with Crippen molar-refractivity contribution in [1.82, 2.24) is 5.43 Å². The molecule has 0 radical (unpaired) electrons. The van der Waals surface area contributed by atoms with Gasteiger partial charge in [0.05, 0.1) is 25.8 Å². The molecule has 1 saturated heterocycles. The highest BCUT2D eigenvalue weighted by atomic mass is 79.9. The first kappa shape index (κ1) is 13.3. The molecule has 1 aliphatic heterocycles. The van der Waals surface area contributed by atoms with Gasteiger partial charge in [-0.15, -0.1) is 0 Å². The zero-order valence-corrected chi connectivity index (χ0v) is 11.4. The maximum atomic E-state index is 11.6. The van der Waals surface area contributed by atoms with E-state index in [0.717, 1.165) is 0 Å². The molecule has 0 saturated carbocycles. The molecule has 0 spiro atoms. The van der Waals surface area contributed by atoms with Crippen LogP contribution in [0.15, 0.2) is 26.3 Å². The zero-order valence-electron chi connectivity index (χ0n) is 9.81. The van der Waals surface area contributed by atoms with E-state index in [1.165, 1.54) is 6.21 Å². The van der Waals surface area contributed by atoms with Crippen molar-refractivity contribution in [3.8, 4) is 0 Å². The van der Waals surface area contributed by atoms with Gasteiger partial charge in [-0.1, -0.05) is 0 Å². The summed E-state index contributed by atoms with van der Waals surface area (Å²) >= 11 is 3.17. The van der Waals surface area contributed by atoms with E-state index in [9.17, 15) is 4.79 Å². The molecule has 1 aromatic rings. The van der Waals surface area contributed by atoms with Crippen LogP contribution in [-0.4, -0.2) is 31.1 Å². The predicted molar refractivity (Wildman–Crippen MR) is 67.1 cm³/mol. The molecule has 0 unspecified atom stereocenters. The topological polar surface area (TPSA) is 73.1 Å². The molecule has 1 amide bonds. The lowest BCUT2D eigenvalue weighted by Gasteiger charge is -2.20. The number of carbonyl (C=O) groups excluding carboxylic acids is 1. The fraction of sp³-hybridized carbons (Fsp3) is 0.455. The predicted octanol–water partition coefficient (Wildman–Crippen LogP) is 1.65. The first-order chi connectivity index (χ1) is 8.57. The quantitative estimate of drug-likeness (QED) is 0.677. The third-order valence-electron chi connectivity index (χ3n) is 2.35. The van der Waals surface area contributed by atoms with Crippen LogP contribution in [-0.2, 0) is 14.3 Å². The molecule has 98 valence electrons. The molecule has 7 heteroatoms. The smallest absolute Gasteiger partial charge is 0.245 e. The van der Waals surface area contributed by atoms with Gasteiger partial charge in [0.15, 0.2) is 10.5 Å². The SMILES string of the molecule is CC1(CC(=O)N/N=C\c2ccc(Br)o2)OCCO1. The van der Waals surface area contributed by atoms with Crippen molar-refractivity contribution in [2.24, 2.45) is 5.10 Å². The number of furan rings is 1. The highest BCUT2D eigenvalue weighted by Gasteiger charge is 2.33. The van der Waals surface area contributed by atoms with Gasteiger partial charge < -0.3 is 13.9 Å². The van der Waals surface area contributed by atoms with Crippen molar-refractivity contribution in [2.45, 2.75) is 19.1 Å². The average molecular weight is 317 g/mol. The lowest BCUT2D eigenvalue weighted by Crippen LogP contribution is -2.33. The van der Waals surface area contributed by atoms with E-state index in [4.69, 9.17) is 13.9 Å². The Hall–Kier alpha value is -1.18. The van der Waals surface area contributed by atoms with Crippen LogP contribution in [0.2, 0.25) is 0 Å². The monoisotopic (exact) mass is 316 g/mol. The summed E-state index contributed by atoms with van der Waals surface area (Å²) in [5, 5.41) is 3.78. The lowest BCUT2D eigenvalue weighted by atomic mass is 10.2. The van der Waals surface area contributed by atoms with Gasteiger partial charge in [-0.05, 0) is 35.0 Å². The minimum atomic E-state index is -0.840. The van der Waals surface area contributed by atoms with E-state index in [1.807, 2.05) is 0 Å². The van der Waals surface area contributed by atoms with Crippen molar-refractivity contribution in [1.29, 1.82) is 0 Å². The Morgan fingerprint density at radius 3 is 2.89 bits per heavy atom. The van der Waals surface area contributed by atoms with Crippen molar-refractivity contribution in [3.05, 3.63) is 22.6 Å². The van der Waals surface area contributed by atoms with Gasteiger partial charge in [0.25, 0.3) is 0 Å². The third kappa shape index (κ3) is 3.66. The van der Waals surface area contributed by atoms with E-state index in [0.29, 0.717) is 23.6 Å². The summed E-state index contributed by atoms with van der Waals surface area (Å²) in [6, 6.07) is 3.47. The first-order valence-electron chi connectivity index (χ1n) is 5.43. The Balaban J connectivity index is 1.79. The highest BCUT2D eigenvalue weighted by Crippen LogP contribution is 2.22. The van der Waals surface area contributed by atoms with Gasteiger partial charge in [0.1, 0.15) is 5.76 Å². The fourth-order valence-corrected chi connectivity index (χ4v) is 1.87. The molecule has 2 rings (SSSR count). The molecule has 0 bridgehead atoms. The molecule has 0 atom stereocenters. The van der Waals surface area contributed by atoms with Gasteiger partial charge in [-0.3, -0.25) is 4.79 Å². The maximum Gasteiger partial charge on any atom is 0.245 e. The summed E-state index contributed by atoms with van der Waals surface area (Å²) in [6.45, 7) is 2.74. The first-order valence-corrected chi connectivity index (χ1v) is 6.22. The van der Waals surface area contributed by atoms with Crippen LogP contribution in [0.25, 0.3) is 0 Å². The molecule has 1 N–H and O–H groups in total. The number of ether oxygens (including phenoxy) is 2. The van der Waals surface area contributed by atoms with Crippen LogP contribution in [0.1, 0.15) is 19.1 Å². The summed E-state index contributed by atoms with van der Waals surface area (Å²) in [5.41, 5.74) is 2.39. The Labute approximate surface area is 112 Å². The molecule has 0 aliphatic carbocycles. The number of carbonyl (C=O) groups is 1. The van der Waals surface area contributed by atoms with E-state index in [1.54, 1.807) is 19.1 Å². The summed E-state index contributed by atoms with van der Waals surface area (Å²) in [4.78, 5) is 11.6. The molecule has 0 aromatic carbocycles. The second kappa shape index (κ2) is 5.64. The van der Waals surface area contributed by atoms with Crippen LogP contribution >= 0.6 is 15.9 Å². The maximum absolute atomic E-state index is 11.6. The molecule has 18 heavy (non-hydrogen) atoms. The number of nitrogens with one attached hydrogen (secondary N) is 1. The van der Waals surface area contributed by atoms with Crippen molar-refractivity contribution >= 4 is 28.1 Å². The van der Waals surface area contributed by atoms with Gasteiger partial charge in [0.2, 0.25) is 5.91 Å². The van der Waals surface area contributed by atoms with Gasteiger partial charge in [-0.25, -0.2) is 5.43 Å². The molecule has 2 heterocycles. The van der Waals surface area contributed by atoms with Crippen molar-refractivity contribution in [3.63, 3.8) is 0 Å². The highest BCUT2D eigenvalue weighted by molar-refractivity contribution is 9.10. The zero-order chi connectivity index (χ0) is 13.0. The second-order valence-electron chi connectivity index (χ2n) is 3.94. The normalized spacial score (nSPS) is 18.3. The van der Waals surface area contributed by atoms with Crippen LogP contribution in [0.5, 0.6) is 0 Å². The summed E-state index contributed by atoms with van der Waals surface area (Å²) < 4.78 is 16.4. The largest absolute Gasteiger partial charge is 0.448 e. The van der Waals surface area contributed by atoms with Gasteiger partial charge in [-0.2, -0.15) is 5.10 Å². The molecular weight excluding hydrogens is 304 g/mol. The van der Waals surface area contributed by atoms with Crippen LogP contribution in [0.3, 0.4) is 0 Å². The van der Waals surface area contributed by atoms with E-state index < -0.39 is 5.79 Å². The van der Waals surface area contributed by atoms with E-state index >= 15 is 0 Å². The minimum absolute atomic E-state index is 0.103. The van der Waals surface area contributed by atoms with Crippen LogP contribution in [0, 0.1) is 0 Å². The average Bonchev–Trinajstić information content (AvgIpc) is 2.88. The summed E-state index contributed by atoms with van der Waals surface area (Å²) in [6.07, 6.45) is 1.52. The molecular formula is C11H13BrN2O4. The standard InChI is InChI=1S/C11H13BrN2O4/c1-11(16-4-5-17-11)6-10(15)14-13-7-8-2-3-9(12)18-8/h2-3,7H,4-6H2,1H3,(H,14,15)/b13-7-. The number of hydrogen-bond donors (Lipinski definition) is 1. The number of hydrogen-bond acceptors (Lipinski definition) is 5. The summed E-state index contributed by atoms with van der Waals surface area (Å²) in [5.74, 6) is -0.573. The molecule has 6 nitrogen and oxygen atoms in total. The Kier molecular flexibility index (Phi) is 4.15. The number of rotatable bonds is 4. The summed E-state index contributed by atoms with van der Waals surface area (Å²) in [7, 11) is 0. The molecule has 1 aromatic heterocycles. The second-order valence-corrected chi connectivity index (χ2v) is 4.72. The molecule has 1 aliphatic rings. The number of halogens is 1.